The van der Waals surface area contributed by atoms with Crippen LogP contribution in [-0.4, -0.2) is 19.8 Å². The summed E-state index contributed by atoms with van der Waals surface area (Å²) in [5.74, 6) is 0.594. The Bertz CT molecular complexity index is 328. The van der Waals surface area contributed by atoms with Gasteiger partial charge in [-0.3, -0.25) is 0 Å². The summed E-state index contributed by atoms with van der Waals surface area (Å²) in [6, 6.07) is 8.18. The van der Waals surface area contributed by atoms with Gasteiger partial charge in [-0.25, -0.2) is 0 Å². The predicted molar refractivity (Wildman–Crippen MR) is 73.5 cm³/mol. The van der Waals surface area contributed by atoms with Crippen molar-refractivity contribution in [2.75, 3.05) is 19.8 Å². The van der Waals surface area contributed by atoms with Crippen LogP contribution in [-0.2, 0) is 4.74 Å². The number of hydrogen-bond donors (Lipinski definition) is 1. The number of rotatable bonds is 7. The van der Waals surface area contributed by atoms with E-state index in [2.05, 4.69) is 32.2 Å². The summed E-state index contributed by atoms with van der Waals surface area (Å²) in [6.07, 6.45) is 0. The van der Waals surface area contributed by atoms with Crippen molar-refractivity contribution in [1.82, 2.24) is 5.32 Å². The molecular formula is C14H22ClNO. The second-order valence-corrected chi connectivity index (χ2v) is 5.07. The molecule has 1 rings (SSSR count). The van der Waals surface area contributed by atoms with Gasteiger partial charge < -0.3 is 10.1 Å². The molecule has 0 amide bonds. The molecule has 1 aromatic rings. The molecular weight excluding hydrogens is 234 g/mol. The second kappa shape index (κ2) is 7.70. The molecule has 3 heteroatoms. The van der Waals surface area contributed by atoms with Gasteiger partial charge in [-0.2, -0.15) is 0 Å². The van der Waals surface area contributed by atoms with E-state index in [1.807, 2.05) is 18.2 Å². The van der Waals surface area contributed by atoms with Crippen LogP contribution >= 0.6 is 11.6 Å². The van der Waals surface area contributed by atoms with E-state index in [1.54, 1.807) is 0 Å². The highest BCUT2D eigenvalue weighted by molar-refractivity contribution is 6.31. The van der Waals surface area contributed by atoms with Crippen LogP contribution in [0.25, 0.3) is 0 Å². The average molecular weight is 256 g/mol. The fourth-order valence-electron chi connectivity index (χ4n) is 1.60. The lowest BCUT2D eigenvalue weighted by Gasteiger charge is -2.16. The molecule has 0 aliphatic heterocycles. The van der Waals surface area contributed by atoms with Gasteiger partial charge in [-0.15, -0.1) is 0 Å². The van der Waals surface area contributed by atoms with Crippen LogP contribution in [0.4, 0.5) is 0 Å². The quantitative estimate of drug-likeness (QED) is 0.751. The minimum atomic E-state index is 0.256. The SMILES string of the molecule is CC(C)COCCN[C@@H](C)c1ccccc1Cl. The fraction of sp³-hybridized carbons (Fsp3) is 0.571. The Hall–Kier alpha value is -0.570. The molecule has 1 N–H and O–H groups in total. The van der Waals surface area contributed by atoms with Crippen molar-refractivity contribution in [2.45, 2.75) is 26.8 Å². The third kappa shape index (κ3) is 5.53. The molecule has 17 heavy (non-hydrogen) atoms. The van der Waals surface area contributed by atoms with E-state index in [4.69, 9.17) is 16.3 Å². The monoisotopic (exact) mass is 255 g/mol. The van der Waals surface area contributed by atoms with Crippen molar-refractivity contribution in [3.8, 4) is 0 Å². The molecule has 2 nitrogen and oxygen atoms in total. The minimum absolute atomic E-state index is 0.256. The molecule has 0 saturated heterocycles. The Morgan fingerprint density at radius 2 is 1.94 bits per heavy atom. The lowest BCUT2D eigenvalue weighted by molar-refractivity contribution is 0.110. The van der Waals surface area contributed by atoms with Crippen molar-refractivity contribution in [2.24, 2.45) is 5.92 Å². The Morgan fingerprint density at radius 1 is 1.24 bits per heavy atom. The largest absolute Gasteiger partial charge is 0.380 e. The number of nitrogens with one attached hydrogen (secondary N) is 1. The van der Waals surface area contributed by atoms with Gasteiger partial charge in [0.2, 0.25) is 0 Å². The van der Waals surface area contributed by atoms with Crippen LogP contribution < -0.4 is 5.32 Å². The van der Waals surface area contributed by atoms with Crippen LogP contribution in [0.2, 0.25) is 5.02 Å². The zero-order valence-electron chi connectivity index (χ0n) is 10.9. The molecule has 96 valence electrons. The number of ether oxygens (including phenoxy) is 1. The van der Waals surface area contributed by atoms with E-state index >= 15 is 0 Å². The van der Waals surface area contributed by atoms with Crippen LogP contribution in [0.1, 0.15) is 32.4 Å². The average Bonchev–Trinajstić information content (AvgIpc) is 2.28. The molecule has 0 bridgehead atoms. The maximum atomic E-state index is 6.13. The second-order valence-electron chi connectivity index (χ2n) is 4.67. The summed E-state index contributed by atoms with van der Waals surface area (Å²) < 4.78 is 5.52. The van der Waals surface area contributed by atoms with E-state index in [0.717, 1.165) is 30.3 Å². The van der Waals surface area contributed by atoms with E-state index in [-0.39, 0.29) is 6.04 Å². The first-order chi connectivity index (χ1) is 8.11. The molecule has 0 aliphatic rings. The molecule has 1 aromatic carbocycles. The lowest BCUT2D eigenvalue weighted by atomic mass is 10.1. The number of benzene rings is 1. The Morgan fingerprint density at radius 3 is 2.59 bits per heavy atom. The van der Waals surface area contributed by atoms with Crippen molar-refractivity contribution in [1.29, 1.82) is 0 Å². The maximum absolute atomic E-state index is 6.13. The lowest BCUT2D eigenvalue weighted by Crippen LogP contribution is -2.24. The van der Waals surface area contributed by atoms with Crippen molar-refractivity contribution in [3.05, 3.63) is 34.9 Å². The van der Waals surface area contributed by atoms with E-state index in [9.17, 15) is 0 Å². The molecule has 0 aliphatic carbocycles. The third-order valence-electron chi connectivity index (χ3n) is 2.52. The van der Waals surface area contributed by atoms with Gasteiger partial charge >= 0.3 is 0 Å². The highest BCUT2D eigenvalue weighted by Crippen LogP contribution is 2.21. The van der Waals surface area contributed by atoms with Gasteiger partial charge in [0.05, 0.1) is 6.61 Å². The Kier molecular flexibility index (Phi) is 6.56. The van der Waals surface area contributed by atoms with Crippen molar-refractivity contribution < 1.29 is 4.74 Å². The summed E-state index contributed by atoms with van der Waals surface area (Å²) in [4.78, 5) is 0. The normalized spacial score (nSPS) is 13.0. The highest BCUT2D eigenvalue weighted by atomic mass is 35.5. The first-order valence-corrected chi connectivity index (χ1v) is 6.54. The molecule has 0 spiro atoms. The first kappa shape index (κ1) is 14.5. The van der Waals surface area contributed by atoms with E-state index in [1.165, 1.54) is 0 Å². The predicted octanol–water partition coefficient (Wildman–Crippen LogP) is 3.66. The van der Waals surface area contributed by atoms with E-state index < -0.39 is 0 Å². The van der Waals surface area contributed by atoms with Crippen LogP contribution in [0.3, 0.4) is 0 Å². The highest BCUT2D eigenvalue weighted by Gasteiger charge is 2.07. The number of hydrogen-bond acceptors (Lipinski definition) is 2. The molecule has 1 atom stereocenters. The summed E-state index contributed by atoms with van der Waals surface area (Å²) in [6.45, 7) is 8.83. The van der Waals surface area contributed by atoms with Gasteiger partial charge in [-0.05, 0) is 24.5 Å². The molecule has 0 heterocycles. The van der Waals surface area contributed by atoms with Crippen LogP contribution in [0.15, 0.2) is 24.3 Å². The zero-order chi connectivity index (χ0) is 12.7. The molecule has 0 saturated carbocycles. The topological polar surface area (TPSA) is 21.3 Å². The van der Waals surface area contributed by atoms with Crippen molar-refractivity contribution in [3.63, 3.8) is 0 Å². The van der Waals surface area contributed by atoms with E-state index in [0.29, 0.717) is 5.92 Å². The van der Waals surface area contributed by atoms with Gasteiger partial charge in [0.1, 0.15) is 0 Å². The fourth-order valence-corrected chi connectivity index (χ4v) is 1.90. The first-order valence-electron chi connectivity index (χ1n) is 6.16. The van der Waals surface area contributed by atoms with Crippen molar-refractivity contribution >= 4 is 11.6 Å². The van der Waals surface area contributed by atoms with Gasteiger partial charge in [0.25, 0.3) is 0 Å². The molecule has 0 unspecified atom stereocenters. The van der Waals surface area contributed by atoms with Gasteiger partial charge in [0.15, 0.2) is 0 Å². The third-order valence-corrected chi connectivity index (χ3v) is 2.86. The summed E-state index contributed by atoms with van der Waals surface area (Å²) in [5.41, 5.74) is 1.14. The zero-order valence-corrected chi connectivity index (χ0v) is 11.6. The molecule has 0 aromatic heterocycles. The van der Waals surface area contributed by atoms with Gasteiger partial charge in [0, 0.05) is 24.2 Å². The Balaban J connectivity index is 2.26. The summed E-state index contributed by atoms with van der Waals surface area (Å²) in [7, 11) is 0. The van der Waals surface area contributed by atoms with Gasteiger partial charge in [-0.1, -0.05) is 43.6 Å². The smallest absolute Gasteiger partial charge is 0.0591 e. The Labute approximate surface area is 109 Å². The minimum Gasteiger partial charge on any atom is -0.380 e. The number of halogens is 1. The van der Waals surface area contributed by atoms with Crippen LogP contribution in [0.5, 0.6) is 0 Å². The maximum Gasteiger partial charge on any atom is 0.0591 e. The summed E-state index contributed by atoms with van der Waals surface area (Å²) in [5, 5.41) is 4.22. The van der Waals surface area contributed by atoms with Crippen LogP contribution in [0, 0.1) is 5.92 Å². The molecule has 0 radical (unpaired) electrons. The molecule has 0 fully saturated rings. The summed E-state index contributed by atoms with van der Waals surface area (Å²) >= 11 is 6.13. The standard InChI is InChI=1S/C14H22ClNO/c1-11(2)10-17-9-8-16-12(3)13-6-4-5-7-14(13)15/h4-7,11-12,16H,8-10H2,1-3H3/t12-/m0/s1.